The Balaban J connectivity index is 1.54. The molecule has 0 fully saturated rings. The van der Waals surface area contributed by atoms with E-state index in [-0.39, 0.29) is 12.5 Å². The average molecular weight is 443 g/mol. The Morgan fingerprint density at radius 2 is 1.79 bits per heavy atom. The number of nitrogens with zero attached hydrogens (tertiary/aromatic N) is 3. The van der Waals surface area contributed by atoms with Crippen molar-refractivity contribution in [2.45, 2.75) is 20.8 Å². The second-order valence-electron chi connectivity index (χ2n) is 7.73. The van der Waals surface area contributed by atoms with Gasteiger partial charge in [0.25, 0.3) is 5.91 Å². The van der Waals surface area contributed by atoms with E-state index in [9.17, 15) is 4.79 Å². The summed E-state index contributed by atoms with van der Waals surface area (Å²) >= 11 is 0. The third-order valence-corrected chi connectivity index (χ3v) is 5.12. The molecule has 7 heteroatoms. The molecule has 0 aliphatic carbocycles. The highest BCUT2D eigenvalue weighted by molar-refractivity contribution is 5.91. The van der Waals surface area contributed by atoms with Crippen LogP contribution in [0.5, 0.6) is 11.5 Å². The van der Waals surface area contributed by atoms with Gasteiger partial charge in [0.1, 0.15) is 12.4 Å². The monoisotopic (exact) mass is 442 g/mol. The summed E-state index contributed by atoms with van der Waals surface area (Å²) < 4.78 is 12.9. The Morgan fingerprint density at radius 3 is 2.55 bits per heavy atom. The first-order valence-electron chi connectivity index (χ1n) is 10.7. The number of aryl methyl sites for hydroxylation is 3. The first-order chi connectivity index (χ1) is 16.0. The summed E-state index contributed by atoms with van der Waals surface area (Å²) in [4.78, 5) is 17.5. The number of benzene rings is 2. The molecule has 0 aliphatic heterocycles. The molecule has 33 heavy (non-hydrogen) atoms. The maximum Gasteiger partial charge on any atom is 0.263 e. The molecule has 0 radical (unpaired) electrons. The number of anilines is 1. The van der Waals surface area contributed by atoms with Gasteiger partial charge in [0, 0.05) is 11.5 Å². The SMILES string of the molecule is C=CCOc1ccccc1OCC(=O)Nc1cc(C)nn1-c1cc(C)c2cccc(C)c2n1. The summed E-state index contributed by atoms with van der Waals surface area (Å²) in [6.07, 6.45) is 1.65. The quantitative estimate of drug-likeness (QED) is 0.392. The van der Waals surface area contributed by atoms with Crippen molar-refractivity contribution < 1.29 is 14.3 Å². The number of fused-ring (bicyclic) bond motifs is 1. The van der Waals surface area contributed by atoms with E-state index in [1.165, 1.54) is 0 Å². The van der Waals surface area contributed by atoms with Gasteiger partial charge in [0.15, 0.2) is 23.9 Å². The van der Waals surface area contributed by atoms with E-state index in [0.717, 1.165) is 27.7 Å². The van der Waals surface area contributed by atoms with Crippen LogP contribution in [-0.2, 0) is 4.79 Å². The highest BCUT2D eigenvalue weighted by Gasteiger charge is 2.15. The largest absolute Gasteiger partial charge is 0.486 e. The van der Waals surface area contributed by atoms with Crippen LogP contribution < -0.4 is 14.8 Å². The number of rotatable bonds is 8. The predicted octanol–water partition coefficient (Wildman–Crippen LogP) is 4.93. The number of para-hydroxylation sites is 3. The second kappa shape index (κ2) is 9.56. The molecule has 0 saturated heterocycles. The minimum Gasteiger partial charge on any atom is -0.486 e. The van der Waals surface area contributed by atoms with Crippen molar-refractivity contribution >= 4 is 22.6 Å². The molecular formula is C26H26N4O3. The van der Waals surface area contributed by atoms with E-state index in [1.807, 2.05) is 51.1 Å². The van der Waals surface area contributed by atoms with Crippen molar-refractivity contribution in [3.05, 3.63) is 84.1 Å². The minimum absolute atomic E-state index is 0.179. The molecule has 168 valence electrons. The van der Waals surface area contributed by atoms with E-state index < -0.39 is 0 Å². The van der Waals surface area contributed by atoms with E-state index in [2.05, 4.69) is 23.1 Å². The van der Waals surface area contributed by atoms with Crippen LogP contribution in [0.25, 0.3) is 16.7 Å². The van der Waals surface area contributed by atoms with Crippen LogP contribution in [0.1, 0.15) is 16.8 Å². The van der Waals surface area contributed by atoms with Crippen molar-refractivity contribution in [2.75, 3.05) is 18.5 Å². The van der Waals surface area contributed by atoms with Crippen LogP contribution in [0.4, 0.5) is 5.82 Å². The Morgan fingerprint density at radius 1 is 1.03 bits per heavy atom. The van der Waals surface area contributed by atoms with Crippen LogP contribution in [0.2, 0.25) is 0 Å². The topological polar surface area (TPSA) is 78.3 Å². The Hall–Kier alpha value is -4.13. The number of aromatic nitrogens is 3. The van der Waals surface area contributed by atoms with Gasteiger partial charge in [-0.15, -0.1) is 0 Å². The summed E-state index contributed by atoms with van der Waals surface area (Å²) in [6.45, 7) is 9.76. The van der Waals surface area contributed by atoms with Crippen molar-refractivity contribution in [1.82, 2.24) is 14.8 Å². The van der Waals surface area contributed by atoms with Crippen molar-refractivity contribution in [3.63, 3.8) is 0 Å². The van der Waals surface area contributed by atoms with Gasteiger partial charge < -0.3 is 14.8 Å². The highest BCUT2D eigenvalue weighted by atomic mass is 16.5. The number of pyridine rings is 1. The molecule has 2 aromatic carbocycles. The van der Waals surface area contributed by atoms with Gasteiger partial charge in [0.05, 0.1) is 11.2 Å². The van der Waals surface area contributed by atoms with E-state index in [0.29, 0.717) is 29.7 Å². The van der Waals surface area contributed by atoms with Gasteiger partial charge in [-0.2, -0.15) is 9.78 Å². The summed E-state index contributed by atoms with van der Waals surface area (Å²) in [5.41, 5.74) is 3.84. The van der Waals surface area contributed by atoms with Gasteiger partial charge >= 0.3 is 0 Å². The first-order valence-corrected chi connectivity index (χ1v) is 10.7. The maximum atomic E-state index is 12.7. The Bertz CT molecular complexity index is 1330. The zero-order chi connectivity index (χ0) is 23.4. The van der Waals surface area contributed by atoms with Gasteiger partial charge in [-0.1, -0.05) is 43.0 Å². The van der Waals surface area contributed by atoms with Crippen molar-refractivity contribution in [2.24, 2.45) is 0 Å². The predicted molar refractivity (Wildman–Crippen MR) is 129 cm³/mol. The lowest BCUT2D eigenvalue weighted by Crippen LogP contribution is -2.22. The van der Waals surface area contributed by atoms with Crippen LogP contribution in [0.3, 0.4) is 0 Å². The van der Waals surface area contributed by atoms with E-state index >= 15 is 0 Å². The smallest absolute Gasteiger partial charge is 0.263 e. The molecule has 4 aromatic rings. The van der Waals surface area contributed by atoms with E-state index in [1.54, 1.807) is 29.0 Å². The van der Waals surface area contributed by atoms with E-state index in [4.69, 9.17) is 14.5 Å². The molecular weight excluding hydrogens is 416 g/mol. The Labute approximate surface area is 192 Å². The third kappa shape index (κ3) is 4.87. The van der Waals surface area contributed by atoms with Crippen LogP contribution in [0.15, 0.2) is 67.3 Å². The van der Waals surface area contributed by atoms with Crippen molar-refractivity contribution in [1.29, 1.82) is 0 Å². The first kappa shape index (κ1) is 22.1. The molecule has 0 atom stereocenters. The third-order valence-electron chi connectivity index (χ3n) is 5.12. The van der Waals surface area contributed by atoms with Gasteiger partial charge in [-0.3, -0.25) is 4.79 Å². The lowest BCUT2D eigenvalue weighted by Gasteiger charge is -2.13. The molecule has 0 bridgehead atoms. The second-order valence-corrected chi connectivity index (χ2v) is 7.73. The fourth-order valence-electron chi connectivity index (χ4n) is 3.58. The summed E-state index contributed by atoms with van der Waals surface area (Å²) in [7, 11) is 0. The molecule has 1 amide bonds. The normalized spacial score (nSPS) is 10.8. The highest BCUT2D eigenvalue weighted by Crippen LogP contribution is 2.27. The molecule has 2 aromatic heterocycles. The van der Waals surface area contributed by atoms with Gasteiger partial charge in [-0.25, -0.2) is 4.98 Å². The van der Waals surface area contributed by atoms with Crippen molar-refractivity contribution in [3.8, 4) is 17.3 Å². The lowest BCUT2D eigenvalue weighted by atomic mass is 10.1. The number of carbonyl (C=O) groups is 1. The van der Waals surface area contributed by atoms with Crippen LogP contribution in [-0.4, -0.2) is 33.9 Å². The number of nitrogens with one attached hydrogen (secondary N) is 1. The number of hydrogen-bond donors (Lipinski definition) is 1. The number of hydrogen-bond acceptors (Lipinski definition) is 5. The molecule has 0 unspecified atom stereocenters. The maximum absolute atomic E-state index is 12.7. The van der Waals surface area contributed by atoms with Gasteiger partial charge in [-0.05, 0) is 50.1 Å². The molecule has 0 spiro atoms. The lowest BCUT2D eigenvalue weighted by molar-refractivity contribution is -0.118. The standard InChI is InChI=1S/C26H26N4O3/c1-5-13-32-21-11-6-7-12-22(21)33-16-25(31)27-24-15-19(4)29-30(24)23-14-18(3)20-10-8-9-17(2)26(20)28-23/h5-12,14-15H,1,13,16H2,2-4H3,(H,27,31). The van der Waals surface area contributed by atoms with Crippen LogP contribution in [0, 0.1) is 20.8 Å². The molecule has 1 N–H and O–H groups in total. The average Bonchev–Trinajstić information content (AvgIpc) is 3.17. The minimum atomic E-state index is -0.316. The zero-order valence-corrected chi connectivity index (χ0v) is 19.0. The molecule has 0 aliphatic rings. The van der Waals surface area contributed by atoms with Gasteiger partial charge in [0.2, 0.25) is 0 Å². The summed E-state index contributed by atoms with van der Waals surface area (Å²) in [6, 6.07) is 17.1. The molecule has 0 saturated carbocycles. The number of carbonyl (C=O) groups excluding carboxylic acids is 1. The Kier molecular flexibility index (Phi) is 6.40. The summed E-state index contributed by atoms with van der Waals surface area (Å²) in [5.74, 6) is 1.89. The molecule has 4 rings (SSSR count). The fraction of sp³-hybridized carbons (Fsp3) is 0.192. The zero-order valence-electron chi connectivity index (χ0n) is 19.0. The number of amides is 1. The molecule has 7 nitrogen and oxygen atoms in total. The number of ether oxygens (including phenoxy) is 2. The fourth-order valence-corrected chi connectivity index (χ4v) is 3.58. The molecule has 2 heterocycles. The van der Waals surface area contributed by atoms with Crippen LogP contribution >= 0.6 is 0 Å². The summed E-state index contributed by atoms with van der Waals surface area (Å²) in [5, 5.41) is 8.53.